The van der Waals surface area contributed by atoms with Crippen molar-refractivity contribution in [1.29, 1.82) is 0 Å². The number of benzene rings is 1. The van der Waals surface area contributed by atoms with Gasteiger partial charge in [-0.1, -0.05) is 18.2 Å². The molecule has 0 aliphatic rings. The van der Waals surface area contributed by atoms with Crippen LogP contribution in [0.5, 0.6) is 0 Å². The summed E-state index contributed by atoms with van der Waals surface area (Å²) in [7, 11) is 0. The molecule has 0 bridgehead atoms. The Morgan fingerprint density at radius 2 is 2.03 bits per heavy atom. The van der Waals surface area contributed by atoms with Crippen molar-refractivity contribution in [2.24, 2.45) is 0 Å². The molecule has 0 saturated heterocycles. The molecule has 0 aliphatic heterocycles. The normalized spacial score (nSPS) is 12.1. The monoisotopic (exact) mass is 437 g/mol. The standard InChI is InChI=1S/C23H20FN3O3S/c1-14-15(2)31-22-20(14)23(29)27(13-26-22)11-9-19(28)30-21(18-8-3-4-10-25-18)16-6-5-7-17(24)12-16/h3-8,10,12-13,21H,9,11H2,1-2H3. The number of hydrogen-bond donors (Lipinski definition) is 0. The lowest BCUT2D eigenvalue weighted by Crippen LogP contribution is -2.23. The Morgan fingerprint density at radius 3 is 2.77 bits per heavy atom. The topological polar surface area (TPSA) is 74.1 Å². The van der Waals surface area contributed by atoms with E-state index in [0.717, 1.165) is 10.4 Å². The second kappa shape index (κ2) is 8.77. The van der Waals surface area contributed by atoms with Gasteiger partial charge in [0.1, 0.15) is 10.6 Å². The zero-order valence-corrected chi connectivity index (χ0v) is 17.9. The SMILES string of the molecule is Cc1sc2ncn(CCC(=O)OC(c3cccc(F)c3)c3ccccn3)c(=O)c2c1C. The van der Waals surface area contributed by atoms with Crippen molar-refractivity contribution >= 4 is 27.5 Å². The minimum atomic E-state index is -0.844. The van der Waals surface area contributed by atoms with E-state index in [0.29, 0.717) is 21.5 Å². The van der Waals surface area contributed by atoms with Crippen molar-refractivity contribution in [2.75, 3.05) is 0 Å². The van der Waals surface area contributed by atoms with Crippen molar-refractivity contribution < 1.29 is 13.9 Å². The molecule has 4 aromatic rings. The summed E-state index contributed by atoms with van der Waals surface area (Å²) in [5.41, 5.74) is 1.71. The molecular weight excluding hydrogens is 417 g/mol. The third-order valence-electron chi connectivity index (χ3n) is 5.07. The highest BCUT2D eigenvalue weighted by Crippen LogP contribution is 2.27. The third kappa shape index (κ3) is 4.39. The van der Waals surface area contributed by atoms with Crippen LogP contribution in [0.1, 0.15) is 34.2 Å². The number of thiophene rings is 1. The molecule has 31 heavy (non-hydrogen) atoms. The maximum absolute atomic E-state index is 13.8. The molecule has 0 spiro atoms. The van der Waals surface area contributed by atoms with Crippen molar-refractivity contribution in [3.63, 3.8) is 0 Å². The van der Waals surface area contributed by atoms with Gasteiger partial charge in [0.2, 0.25) is 0 Å². The van der Waals surface area contributed by atoms with E-state index in [2.05, 4.69) is 9.97 Å². The van der Waals surface area contributed by atoms with Gasteiger partial charge >= 0.3 is 5.97 Å². The van der Waals surface area contributed by atoms with Crippen LogP contribution in [-0.4, -0.2) is 20.5 Å². The summed E-state index contributed by atoms with van der Waals surface area (Å²) < 4.78 is 20.8. The molecule has 0 amide bonds. The van der Waals surface area contributed by atoms with Crippen LogP contribution in [0.4, 0.5) is 4.39 Å². The quantitative estimate of drug-likeness (QED) is 0.420. The summed E-state index contributed by atoms with van der Waals surface area (Å²) in [6.07, 6.45) is 2.16. The van der Waals surface area contributed by atoms with Crippen LogP contribution in [0.2, 0.25) is 0 Å². The van der Waals surface area contributed by atoms with E-state index in [4.69, 9.17) is 4.74 Å². The van der Waals surface area contributed by atoms with Crippen LogP contribution in [0.25, 0.3) is 10.2 Å². The first-order valence-electron chi connectivity index (χ1n) is 9.75. The first kappa shape index (κ1) is 20.9. The van der Waals surface area contributed by atoms with Gasteiger partial charge in [-0.25, -0.2) is 9.37 Å². The fraction of sp³-hybridized carbons (Fsp3) is 0.217. The van der Waals surface area contributed by atoms with Crippen molar-refractivity contribution in [3.05, 3.63) is 92.9 Å². The molecule has 1 atom stereocenters. The highest BCUT2D eigenvalue weighted by molar-refractivity contribution is 7.18. The highest BCUT2D eigenvalue weighted by Gasteiger charge is 2.21. The maximum atomic E-state index is 13.8. The number of hydrogen-bond acceptors (Lipinski definition) is 6. The van der Waals surface area contributed by atoms with Crippen LogP contribution in [-0.2, 0) is 16.1 Å². The Kier molecular flexibility index (Phi) is 5.90. The first-order chi connectivity index (χ1) is 14.9. The largest absolute Gasteiger partial charge is 0.451 e. The zero-order valence-electron chi connectivity index (χ0n) is 17.0. The number of esters is 1. The molecule has 1 unspecified atom stereocenters. The number of aryl methyl sites for hydroxylation is 3. The van der Waals surface area contributed by atoms with Gasteiger partial charge in [-0.05, 0) is 43.7 Å². The number of halogens is 1. The van der Waals surface area contributed by atoms with E-state index < -0.39 is 17.9 Å². The number of pyridine rings is 1. The minimum absolute atomic E-state index is 0.0338. The number of aromatic nitrogens is 3. The molecule has 0 fully saturated rings. The van der Waals surface area contributed by atoms with E-state index in [9.17, 15) is 14.0 Å². The molecule has 3 heterocycles. The lowest BCUT2D eigenvalue weighted by atomic mass is 10.1. The maximum Gasteiger partial charge on any atom is 0.308 e. The van der Waals surface area contributed by atoms with Crippen LogP contribution in [0.15, 0.2) is 59.8 Å². The van der Waals surface area contributed by atoms with Crippen LogP contribution >= 0.6 is 11.3 Å². The van der Waals surface area contributed by atoms with Crippen LogP contribution in [0, 0.1) is 19.7 Å². The third-order valence-corrected chi connectivity index (χ3v) is 6.19. The minimum Gasteiger partial charge on any atom is -0.451 e. The Labute approximate surface area is 182 Å². The summed E-state index contributed by atoms with van der Waals surface area (Å²) in [4.78, 5) is 35.8. The number of nitrogens with zero attached hydrogens (tertiary/aromatic N) is 3. The molecule has 6 nitrogen and oxygen atoms in total. The second-order valence-electron chi connectivity index (χ2n) is 7.14. The molecular formula is C23H20FN3O3S. The lowest BCUT2D eigenvalue weighted by Gasteiger charge is -2.18. The Bertz CT molecular complexity index is 1300. The fourth-order valence-electron chi connectivity index (χ4n) is 3.33. The van der Waals surface area contributed by atoms with Crippen LogP contribution < -0.4 is 5.56 Å². The van der Waals surface area contributed by atoms with Gasteiger partial charge in [0, 0.05) is 23.2 Å². The average molecular weight is 437 g/mol. The number of carbonyl (C=O) groups excluding carboxylic acids is 1. The molecule has 1 aromatic carbocycles. The smallest absolute Gasteiger partial charge is 0.308 e. The van der Waals surface area contributed by atoms with E-state index >= 15 is 0 Å². The molecule has 0 radical (unpaired) electrons. The summed E-state index contributed by atoms with van der Waals surface area (Å²) in [6, 6.07) is 11.1. The van der Waals surface area contributed by atoms with Gasteiger partial charge in [-0.3, -0.25) is 19.1 Å². The Hall–Kier alpha value is -3.39. The average Bonchev–Trinajstić information content (AvgIpc) is 3.06. The molecule has 0 N–H and O–H groups in total. The van der Waals surface area contributed by atoms with Crippen molar-refractivity contribution in [3.8, 4) is 0 Å². The molecule has 3 aromatic heterocycles. The van der Waals surface area contributed by atoms with E-state index in [-0.39, 0.29) is 18.5 Å². The number of carbonyl (C=O) groups is 1. The molecule has 8 heteroatoms. The van der Waals surface area contributed by atoms with Gasteiger partial charge in [0.25, 0.3) is 5.56 Å². The summed E-state index contributed by atoms with van der Waals surface area (Å²) in [6.45, 7) is 3.98. The van der Waals surface area contributed by atoms with Crippen molar-refractivity contribution in [2.45, 2.75) is 32.9 Å². The second-order valence-corrected chi connectivity index (χ2v) is 8.34. The predicted molar refractivity (Wildman–Crippen MR) is 117 cm³/mol. The highest BCUT2D eigenvalue weighted by atomic mass is 32.1. The van der Waals surface area contributed by atoms with Gasteiger partial charge in [-0.2, -0.15) is 0 Å². The van der Waals surface area contributed by atoms with Crippen LogP contribution in [0.3, 0.4) is 0 Å². The van der Waals surface area contributed by atoms with Gasteiger partial charge in [-0.15, -0.1) is 11.3 Å². The molecule has 0 saturated carbocycles. The Balaban J connectivity index is 1.54. The summed E-state index contributed by atoms with van der Waals surface area (Å²) in [5.74, 6) is -0.952. The lowest BCUT2D eigenvalue weighted by molar-refractivity contribution is -0.148. The molecule has 0 aliphatic carbocycles. The fourth-order valence-corrected chi connectivity index (χ4v) is 4.32. The summed E-state index contributed by atoms with van der Waals surface area (Å²) >= 11 is 1.48. The van der Waals surface area contributed by atoms with Gasteiger partial charge in [0.15, 0.2) is 6.10 Å². The van der Waals surface area contributed by atoms with E-state index in [1.807, 2.05) is 13.8 Å². The van der Waals surface area contributed by atoms with Crippen molar-refractivity contribution in [1.82, 2.24) is 14.5 Å². The van der Waals surface area contributed by atoms with Gasteiger partial charge in [0.05, 0.1) is 23.8 Å². The first-order valence-corrected chi connectivity index (χ1v) is 10.6. The predicted octanol–water partition coefficient (Wildman–Crippen LogP) is 4.33. The summed E-state index contributed by atoms with van der Waals surface area (Å²) in [5, 5.41) is 0.587. The Morgan fingerprint density at radius 1 is 1.19 bits per heavy atom. The molecule has 158 valence electrons. The number of ether oxygens (including phenoxy) is 1. The van der Waals surface area contributed by atoms with E-state index in [1.165, 1.54) is 34.4 Å². The number of rotatable bonds is 6. The zero-order chi connectivity index (χ0) is 22.0. The van der Waals surface area contributed by atoms with Gasteiger partial charge < -0.3 is 4.74 Å². The molecule has 4 rings (SSSR count). The number of fused-ring (bicyclic) bond motifs is 1. The van der Waals surface area contributed by atoms with E-state index in [1.54, 1.807) is 36.5 Å².